The van der Waals surface area contributed by atoms with Crippen molar-refractivity contribution in [1.29, 1.82) is 0 Å². The summed E-state index contributed by atoms with van der Waals surface area (Å²) < 4.78 is 0. The monoisotopic (exact) mass is 240 g/mol. The molecule has 0 spiro atoms. The Kier molecular flexibility index (Phi) is 4.20. The van der Waals surface area contributed by atoms with Crippen molar-refractivity contribution in [2.24, 2.45) is 0 Å². The van der Waals surface area contributed by atoms with E-state index in [9.17, 15) is 0 Å². The Balaban J connectivity index is 3.05. The van der Waals surface area contributed by atoms with Crippen LogP contribution in [-0.4, -0.2) is 17.6 Å². The van der Waals surface area contributed by atoms with Gasteiger partial charge in [0.05, 0.1) is 0 Å². The number of hydrogen-bond donors (Lipinski definition) is 0. The maximum absolute atomic E-state index is 5.79. The van der Waals surface area contributed by atoms with Crippen LogP contribution in [0, 0.1) is 6.92 Å². The zero-order valence-corrected chi connectivity index (χ0v) is 11.6. The fraction of sp³-hybridized carbons (Fsp3) is 0.615. The van der Waals surface area contributed by atoms with Crippen LogP contribution in [0.5, 0.6) is 0 Å². The Labute approximate surface area is 104 Å². The van der Waals surface area contributed by atoms with Gasteiger partial charge in [0.25, 0.3) is 0 Å². The average molecular weight is 241 g/mol. The van der Waals surface area contributed by atoms with Crippen molar-refractivity contribution in [3.8, 4) is 0 Å². The van der Waals surface area contributed by atoms with E-state index in [4.69, 9.17) is 11.6 Å². The molecule has 0 unspecified atom stereocenters. The molecule has 0 fully saturated rings. The minimum atomic E-state index is 0.125. The van der Waals surface area contributed by atoms with Gasteiger partial charge in [0, 0.05) is 24.7 Å². The molecular weight excluding hydrogens is 220 g/mol. The SMILES string of the molecule is CCC(C)(C)N(C)c1ncc(CCl)cc1C. The normalized spacial score (nSPS) is 11.6. The van der Waals surface area contributed by atoms with Crippen LogP contribution >= 0.6 is 11.6 Å². The predicted molar refractivity (Wildman–Crippen MR) is 71.3 cm³/mol. The molecule has 1 aromatic heterocycles. The molecule has 1 aromatic rings. The van der Waals surface area contributed by atoms with E-state index in [0.29, 0.717) is 5.88 Å². The fourth-order valence-electron chi connectivity index (χ4n) is 1.57. The quantitative estimate of drug-likeness (QED) is 0.746. The molecule has 16 heavy (non-hydrogen) atoms. The van der Waals surface area contributed by atoms with Crippen molar-refractivity contribution in [3.63, 3.8) is 0 Å². The smallest absolute Gasteiger partial charge is 0.131 e. The lowest BCUT2D eigenvalue weighted by Crippen LogP contribution is -2.41. The topological polar surface area (TPSA) is 16.1 Å². The molecule has 0 amide bonds. The number of aromatic nitrogens is 1. The highest BCUT2D eigenvalue weighted by atomic mass is 35.5. The first-order chi connectivity index (χ1) is 7.42. The number of halogens is 1. The van der Waals surface area contributed by atoms with E-state index in [1.54, 1.807) is 0 Å². The molecule has 0 saturated carbocycles. The van der Waals surface area contributed by atoms with Crippen LogP contribution in [0.3, 0.4) is 0 Å². The standard InChI is InChI=1S/C13H21ClN2/c1-6-13(3,4)16(5)12-10(2)7-11(8-14)9-15-12/h7,9H,6,8H2,1-5H3. The minimum Gasteiger partial charge on any atom is -0.354 e. The molecule has 0 saturated heterocycles. The van der Waals surface area contributed by atoms with Gasteiger partial charge >= 0.3 is 0 Å². The van der Waals surface area contributed by atoms with Crippen LogP contribution in [0.15, 0.2) is 12.3 Å². The highest BCUT2D eigenvalue weighted by Gasteiger charge is 2.23. The molecule has 0 aliphatic rings. The molecule has 0 aliphatic heterocycles. The molecule has 2 nitrogen and oxygen atoms in total. The van der Waals surface area contributed by atoms with E-state index in [2.05, 4.69) is 50.7 Å². The third-order valence-electron chi connectivity index (χ3n) is 3.35. The van der Waals surface area contributed by atoms with Crippen LogP contribution in [-0.2, 0) is 5.88 Å². The maximum Gasteiger partial charge on any atom is 0.131 e. The van der Waals surface area contributed by atoms with Crippen molar-refractivity contribution in [2.75, 3.05) is 11.9 Å². The minimum absolute atomic E-state index is 0.125. The molecule has 0 aromatic carbocycles. The van der Waals surface area contributed by atoms with Crippen molar-refractivity contribution >= 4 is 17.4 Å². The van der Waals surface area contributed by atoms with Gasteiger partial charge < -0.3 is 4.90 Å². The van der Waals surface area contributed by atoms with E-state index in [-0.39, 0.29) is 5.54 Å². The average Bonchev–Trinajstić information content (AvgIpc) is 2.28. The summed E-state index contributed by atoms with van der Waals surface area (Å²) in [6.45, 7) is 8.73. The van der Waals surface area contributed by atoms with Gasteiger partial charge in [0.2, 0.25) is 0 Å². The molecule has 0 bridgehead atoms. The van der Waals surface area contributed by atoms with Crippen LogP contribution in [0.25, 0.3) is 0 Å². The molecule has 1 rings (SSSR count). The number of anilines is 1. The Morgan fingerprint density at radius 3 is 2.50 bits per heavy atom. The summed E-state index contributed by atoms with van der Waals surface area (Å²) in [7, 11) is 2.10. The third kappa shape index (κ3) is 2.67. The second kappa shape index (κ2) is 5.05. The highest BCUT2D eigenvalue weighted by molar-refractivity contribution is 6.17. The molecule has 0 aliphatic carbocycles. The van der Waals surface area contributed by atoms with Crippen molar-refractivity contribution in [3.05, 3.63) is 23.4 Å². The first-order valence-electron chi connectivity index (χ1n) is 5.67. The summed E-state index contributed by atoms with van der Waals surface area (Å²) in [6.07, 6.45) is 2.94. The molecule has 1 heterocycles. The Morgan fingerprint density at radius 1 is 1.44 bits per heavy atom. The second-order valence-electron chi connectivity index (χ2n) is 4.84. The van der Waals surface area contributed by atoms with Gasteiger partial charge in [-0.2, -0.15) is 0 Å². The first-order valence-corrected chi connectivity index (χ1v) is 6.21. The van der Waals surface area contributed by atoms with Crippen LogP contribution in [0.2, 0.25) is 0 Å². The summed E-state index contributed by atoms with van der Waals surface area (Å²) in [5.41, 5.74) is 2.38. The van der Waals surface area contributed by atoms with Gasteiger partial charge in [-0.3, -0.25) is 0 Å². The summed E-state index contributed by atoms with van der Waals surface area (Å²) >= 11 is 5.79. The van der Waals surface area contributed by atoms with Gasteiger partial charge in [0.1, 0.15) is 5.82 Å². The first kappa shape index (κ1) is 13.3. The van der Waals surface area contributed by atoms with Gasteiger partial charge in [-0.05, 0) is 44.4 Å². The van der Waals surface area contributed by atoms with Crippen molar-refractivity contribution < 1.29 is 0 Å². The number of hydrogen-bond acceptors (Lipinski definition) is 2. The van der Waals surface area contributed by atoms with Gasteiger partial charge in [0.15, 0.2) is 0 Å². The van der Waals surface area contributed by atoms with E-state index in [1.807, 2.05) is 6.20 Å². The van der Waals surface area contributed by atoms with Gasteiger partial charge in [-0.1, -0.05) is 6.92 Å². The van der Waals surface area contributed by atoms with Crippen molar-refractivity contribution in [1.82, 2.24) is 4.98 Å². The van der Waals surface area contributed by atoms with Crippen molar-refractivity contribution in [2.45, 2.75) is 45.5 Å². The maximum atomic E-state index is 5.79. The zero-order chi connectivity index (χ0) is 12.3. The van der Waals surface area contributed by atoms with Gasteiger partial charge in [-0.25, -0.2) is 4.98 Å². The summed E-state index contributed by atoms with van der Waals surface area (Å²) in [5, 5.41) is 0. The Hall–Kier alpha value is -0.760. The largest absolute Gasteiger partial charge is 0.354 e. The Bertz CT molecular complexity index is 361. The zero-order valence-electron chi connectivity index (χ0n) is 10.8. The number of rotatable bonds is 4. The van der Waals surface area contributed by atoms with E-state index in [1.165, 1.54) is 5.56 Å². The molecule has 0 radical (unpaired) electrons. The number of pyridine rings is 1. The van der Waals surface area contributed by atoms with Crippen LogP contribution < -0.4 is 4.90 Å². The summed E-state index contributed by atoms with van der Waals surface area (Å²) in [6, 6.07) is 2.11. The molecule has 0 N–H and O–H groups in total. The predicted octanol–water partition coefficient (Wildman–Crippen LogP) is 3.75. The van der Waals surface area contributed by atoms with E-state index in [0.717, 1.165) is 17.8 Å². The number of nitrogens with zero attached hydrogens (tertiary/aromatic N) is 2. The van der Waals surface area contributed by atoms with Gasteiger partial charge in [-0.15, -0.1) is 11.6 Å². The van der Waals surface area contributed by atoms with E-state index < -0.39 is 0 Å². The molecule has 3 heteroatoms. The summed E-state index contributed by atoms with van der Waals surface area (Å²) in [5.74, 6) is 1.57. The number of aryl methyl sites for hydroxylation is 1. The lowest BCUT2D eigenvalue weighted by atomic mass is 9.99. The number of alkyl halides is 1. The molecule has 0 atom stereocenters. The van der Waals surface area contributed by atoms with Crippen LogP contribution in [0.1, 0.15) is 38.3 Å². The third-order valence-corrected chi connectivity index (χ3v) is 3.66. The van der Waals surface area contributed by atoms with E-state index >= 15 is 0 Å². The Morgan fingerprint density at radius 2 is 2.06 bits per heavy atom. The molecule has 90 valence electrons. The fourth-order valence-corrected chi connectivity index (χ4v) is 1.72. The highest BCUT2D eigenvalue weighted by Crippen LogP contribution is 2.26. The van der Waals surface area contributed by atoms with Crippen LogP contribution in [0.4, 0.5) is 5.82 Å². The second-order valence-corrected chi connectivity index (χ2v) is 5.11. The summed E-state index contributed by atoms with van der Waals surface area (Å²) in [4.78, 5) is 6.74. The molecular formula is C13H21ClN2. The lowest BCUT2D eigenvalue weighted by molar-refractivity contribution is 0.466. The lowest BCUT2D eigenvalue weighted by Gasteiger charge is -2.36.